The van der Waals surface area contributed by atoms with Crippen LogP contribution in [-0.2, 0) is 4.79 Å². The van der Waals surface area contributed by atoms with Crippen LogP contribution in [0.15, 0.2) is 47.5 Å². The molecule has 0 N–H and O–H groups in total. The van der Waals surface area contributed by atoms with Crippen LogP contribution in [0.3, 0.4) is 0 Å². The van der Waals surface area contributed by atoms with E-state index in [-0.39, 0.29) is 17.6 Å². The summed E-state index contributed by atoms with van der Waals surface area (Å²) < 4.78 is 0. The smallest absolute Gasteiger partial charge is 0.255 e. The summed E-state index contributed by atoms with van der Waals surface area (Å²) in [6.45, 7) is 5.36. The van der Waals surface area contributed by atoms with Gasteiger partial charge in [0.1, 0.15) is 5.78 Å². The molecule has 0 spiro atoms. The number of likely N-dealkylation sites (tertiary alicyclic amines) is 1. The number of hydrogen-bond acceptors (Lipinski definition) is 4. The summed E-state index contributed by atoms with van der Waals surface area (Å²) in [6.07, 6.45) is 6.07. The topological polar surface area (TPSA) is 50.3 Å². The lowest BCUT2D eigenvalue weighted by Crippen LogP contribution is -2.42. The van der Waals surface area contributed by atoms with Crippen molar-refractivity contribution in [2.45, 2.75) is 38.0 Å². The van der Waals surface area contributed by atoms with E-state index in [1.165, 1.54) is 4.90 Å². The number of benzene rings is 1. The second-order valence-corrected chi connectivity index (χ2v) is 8.69. The average molecular weight is 397 g/mol. The minimum atomic E-state index is -0.0289. The fourth-order valence-corrected chi connectivity index (χ4v) is 4.04. The van der Waals surface area contributed by atoms with Crippen LogP contribution in [0.2, 0.25) is 0 Å². The first-order valence-electron chi connectivity index (χ1n) is 9.90. The zero-order chi connectivity index (χ0) is 20.1. The van der Waals surface area contributed by atoms with Crippen LogP contribution in [0.4, 0.5) is 0 Å². The number of carbonyl (C=O) groups excluding carboxylic acids is 2. The minimum absolute atomic E-state index is 0.0257. The lowest BCUT2D eigenvalue weighted by molar-refractivity contribution is -0.124. The normalized spacial score (nSPS) is 17.0. The molecule has 1 amide bonds. The second kappa shape index (κ2) is 9.37. The molecule has 1 aliphatic heterocycles. The maximum Gasteiger partial charge on any atom is 0.255 e. The molecule has 0 aliphatic carbocycles. The summed E-state index contributed by atoms with van der Waals surface area (Å²) in [5.74, 6) is 0.594. The average Bonchev–Trinajstić information content (AvgIpc) is 2.73. The van der Waals surface area contributed by atoms with Crippen LogP contribution in [0.1, 0.15) is 43.5 Å². The predicted octanol–water partition coefficient (Wildman–Crippen LogP) is 4.94. The number of hydrogen-bond donors (Lipinski definition) is 0. The Labute approximate surface area is 171 Å². The highest BCUT2D eigenvalue weighted by Crippen LogP contribution is 2.24. The van der Waals surface area contributed by atoms with Crippen molar-refractivity contribution in [2.24, 2.45) is 11.8 Å². The molecule has 148 valence electrons. The number of rotatable bonds is 6. The van der Waals surface area contributed by atoms with E-state index >= 15 is 0 Å². The summed E-state index contributed by atoms with van der Waals surface area (Å²) in [5, 5.41) is 0. The Bertz CT molecular complexity index is 816. The molecule has 2 aromatic rings. The Morgan fingerprint density at radius 3 is 2.54 bits per heavy atom. The van der Waals surface area contributed by atoms with Gasteiger partial charge in [-0.2, -0.15) is 0 Å². The molecule has 1 fully saturated rings. The molecule has 1 aromatic carbocycles. The molecule has 1 atom stereocenters. The van der Waals surface area contributed by atoms with Crippen LogP contribution in [-0.4, -0.2) is 40.9 Å². The molecule has 1 saturated heterocycles. The van der Waals surface area contributed by atoms with Crippen molar-refractivity contribution < 1.29 is 9.59 Å². The van der Waals surface area contributed by atoms with E-state index in [0.717, 1.165) is 24.1 Å². The molecule has 0 saturated carbocycles. The van der Waals surface area contributed by atoms with Crippen molar-refractivity contribution >= 4 is 23.5 Å². The Hall–Kier alpha value is -2.14. The number of thioether (sulfide) groups is 1. The lowest BCUT2D eigenvalue weighted by Gasteiger charge is -2.32. The van der Waals surface area contributed by atoms with Crippen molar-refractivity contribution in [2.75, 3.05) is 19.3 Å². The zero-order valence-corrected chi connectivity index (χ0v) is 17.7. The summed E-state index contributed by atoms with van der Waals surface area (Å²) >= 11 is 1.71. The van der Waals surface area contributed by atoms with E-state index in [0.29, 0.717) is 31.0 Å². The molecule has 0 radical (unpaired) electrons. The summed E-state index contributed by atoms with van der Waals surface area (Å²) in [5.41, 5.74) is 2.48. The molecule has 4 nitrogen and oxygen atoms in total. The van der Waals surface area contributed by atoms with Crippen LogP contribution >= 0.6 is 11.8 Å². The van der Waals surface area contributed by atoms with Gasteiger partial charge in [-0.25, -0.2) is 0 Å². The summed E-state index contributed by atoms with van der Waals surface area (Å²) in [6, 6.07) is 12.0. The number of amides is 1. The van der Waals surface area contributed by atoms with Crippen molar-refractivity contribution in [3.8, 4) is 11.3 Å². The van der Waals surface area contributed by atoms with Gasteiger partial charge in [0.2, 0.25) is 0 Å². The standard InChI is InChI=1S/C23H28N2O2S/c1-16(2)13-22(26)19-5-4-12-25(15-19)23(27)18-8-11-21(24-14-18)17-6-9-20(28-3)10-7-17/h6-11,14,16,19H,4-5,12-13,15H2,1-3H3. The molecule has 1 aliphatic rings. The zero-order valence-electron chi connectivity index (χ0n) is 16.9. The fraction of sp³-hybridized carbons (Fsp3) is 0.435. The Kier molecular flexibility index (Phi) is 6.89. The van der Waals surface area contributed by atoms with E-state index in [2.05, 4.69) is 37.2 Å². The number of carbonyl (C=O) groups is 2. The van der Waals surface area contributed by atoms with E-state index in [9.17, 15) is 9.59 Å². The first-order valence-corrected chi connectivity index (χ1v) is 11.1. The Morgan fingerprint density at radius 1 is 1.18 bits per heavy atom. The van der Waals surface area contributed by atoms with Crippen LogP contribution < -0.4 is 0 Å². The first kappa shape index (κ1) is 20.6. The van der Waals surface area contributed by atoms with E-state index in [4.69, 9.17) is 0 Å². The highest BCUT2D eigenvalue weighted by atomic mass is 32.2. The SMILES string of the molecule is CSc1ccc(-c2ccc(C(=O)N3CCCC(C(=O)CC(C)C)C3)cn2)cc1. The molecule has 0 bridgehead atoms. The highest BCUT2D eigenvalue weighted by molar-refractivity contribution is 7.98. The quantitative estimate of drug-likeness (QED) is 0.649. The third kappa shape index (κ3) is 5.02. The fourth-order valence-electron chi connectivity index (χ4n) is 3.63. The van der Waals surface area contributed by atoms with Crippen LogP contribution in [0.25, 0.3) is 11.3 Å². The van der Waals surface area contributed by atoms with Crippen LogP contribution in [0, 0.1) is 11.8 Å². The number of aromatic nitrogens is 1. The Balaban J connectivity index is 1.67. The van der Waals surface area contributed by atoms with Crippen molar-refractivity contribution in [3.05, 3.63) is 48.2 Å². The maximum absolute atomic E-state index is 12.9. The molecule has 1 unspecified atom stereocenters. The third-order valence-corrected chi connectivity index (χ3v) is 5.91. The molecular formula is C23H28N2O2S. The highest BCUT2D eigenvalue weighted by Gasteiger charge is 2.29. The molecular weight excluding hydrogens is 368 g/mol. The monoisotopic (exact) mass is 396 g/mol. The summed E-state index contributed by atoms with van der Waals surface area (Å²) in [4.78, 5) is 32.8. The van der Waals surface area contributed by atoms with Gasteiger partial charge in [0.25, 0.3) is 5.91 Å². The van der Waals surface area contributed by atoms with Crippen LogP contribution in [0.5, 0.6) is 0 Å². The largest absolute Gasteiger partial charge is 0.338 e. The maximum atomic E-state index is 12.9. The van der Waals surface area contributed by atoms with E-state index < -0.39 is 0 Å². The van der Waals surface area contributed by atoms with Gasteiger partial charge in [-0.15, -0.1) is 11.8 Å². The van der Waals surface area contributed by atoms with Gasteiger partial charge in [-0.3, -0.25) is 14.6 Å². The Morgan fingerprint density at radius 2 is 1.93 bits per heavy atom. The van der Waals surface area contributed by atoms with Gasteiger partial charge < -0.3 is 4.90 Å². The number of Topliss-reactive ketones (excluding diaryl/α,β-unsaturated/α-hetero) is 1. The molecule has 5 heteroatoms. The van der Waals surface area contributed by atoms with Gasteiger partial charge >= 0.3 is 0 Å². The number of piperidine rings is 1. The third-order valence-electron chi connectivity index (χ3n) is 5.17. The number of ketones is 1. The number of pyridine rings is 1. The van der Waals surface area contributed by atoms with Gasteiger partial charge in [0.15, 0.2) is 0 Å². The lowest BCUT2D eigenvalue weighted by atomic mass is 9.89. The molecule has 28 heavy (non-hydrogen) atoms. The number of nitrogens with zero attached hydrogens (tertiary/aromatic N) is 2. The van der Waals surface area contributed by atoms with Crippen molar-refractivity contribution in [1.29, 1.82) is 0 Å². The first-order chi connectivity index (χ1) is 13.5. The van der Waals surface area contributed by atoms with Gasteiger partial charge in [0.05, 0.1) is 11.3 Å². The van der Waals surface area contributed by atoms with Crippen molar-refractivity contribution in [3.63, 3.8) is 0 Å². The molecule has 2 heterocycles. The molecule has 3 rings (SSSR count). The minimum Gasteiger partial charge on any atom is -0.338 e. The van der Waals surface area contributed by atoms with Gasteiger partial charge in [-0.1, -0.05) is 26.0 Å². The van der Waals surface area contributed by atoms with Gasteiger partial charge in [-0.05, 0) is 49.3 Å². The molecule has 1 aromatic heterocycles. The van der Waals surface area contributed by atoms with Crippen molar-refractivity contribution in [1.82, 2.24) is 9.88 Å². The van der Waals surface area contributed by atoms with E-state index in [1.807, 2.05) is 29.2 Å². The van der Waals surface area contributed by atoms with Gasteiger partial charge in [0, 0.05) is 42.1 Å². The summed E-state index contributed by atoms with van der Waals surface area (Å²) in [7, 11) is 0. The van der Waals surface area contributed by atoms with E-state index in [1.54, 1.807) is 18.0 Å². The second-order valence-electron chi connectivity index (χ2n) is 7.82. The predicted molar refractivity (Wildman–Crippen MR) is 115 cm³/mol.